The van der Waals surface area contributed by atoms with Gasteiger partial charge >= 0.3 is 33.3 Å². The maximum absolute atomic E-state index is 14.0. The standard InChI is InChI=1S/C83H89N7O24P2/c91-52-20-24-56-66(41-52)111-67-42-53(92)21-25-57(67)72(56)60-39-49(17-22-54(60)81(98)99)78(95)85-29-6-2-1-5-28-84-70(94)26-19-51-44-90(83(102)87-80(51)97)71-43-64(93)68(112-71)45-110-116(105,106)114-65-27-36-107-69(65)46-109-115(103,104)108-35-8-4-3-7-30-86-79(96)50-18-23-55(82(100)101)61(40-50)73-62-37-47-13-9-31-88-33-11-15-58(74(47)88)76(62)113-77-59-16-12-34-89-32-10-14-48(75(59)89)38-63(73)77/h17-26,37-42,44,64-65,68-69,71,93H,1-16,27-36,43,45-46H2,(H8-,84,85,86,87,91,92,94,95,96,97,98,99,100,101,102,103,104,105,106)/p+1/b26-19+. The first-order valence-electron chi connectivity index (χ1n) is 39.4. The number of nitrogens with one attached hydrogen (secondary N) is 4. The molecule has 33 heteroatoms. The summed E-state index contributed by atoms with van der Waals surface area (Å²) in [5, 5.41) is 53.3. The maximum atomic E-state index is 14.0. The molecular weight excluding hydrogens is 1540 g/mol. The van der Waals surface area contributed by atoms with E-state index < -0.39 is 94.5 Å². The van der Waals surface area contributed by atoms with Crippen LogP contribution in [0.2, 0.25) is 0 Å². The second-order valence-corrected chi connectivity index (χ2v) is 33.0. The number of benzene rings is 6. The molecule has 3 amide bonds. The van der Waals surface area contributed by atoms with Gasteiger partial charge in [-0.15, -0.1) is 0 Å². The summed E-state index contributed by atoms with van der Waals surface area (Å²) in [6.07, 6.45) is 9.22. The largest absolute Gasteiger partial charge is 0.508 e. The minimum Gasteiger partial charge on any atom is -0.508 e. The number of carbonyl (C=O) groups excluding carboxylic acids is 3. The highest BCUT2D eigenvalue weighted by atomic mass is 31.2. The number of ether oxygens (including phenoxy) is 3. The van der Waals surface area contributed by atoms with E-state index in [9.17, 15) is 77.7 Å². The van der Waals surface area contributed by atoms with Crippen molar-refractivity contribution in [3.63, 3.8) is 0 Å². The van der Waals surface area contributed by atoms with Gasteiger partial charge in [0.25, 0.3) is 17.4 Å². The van der Waals surface area contributed by atoms with Crippen molar-refractivity contribution in [2.24, 2.45) is 0 Å². The fourth-order valence-corrected chi connectivity index (χ4v) is 18.6. The lowest BCUT2D eigenvalue weighted by molar-refractivity contribution is -0.116. The molecule has 5 aromatic carbocycles. The highest BCUT2D eigenvalue weighted by Crippen LogP contribution is 2.52. The van der Waals surface area contributed by atoms with Gasteiger partial charge in [-0.1, -0.05) is 25.7 Å². The molecule has 6 aromatic rings. The van der Waals surface area contributed by atoms with Crippen molar-refractivity contribution < 1.29 is 100 Å². The second-order valence-electron chi connectivity index (χ2n) is 30.1. The number of phosphoric ester groups is 2. The van der Waals surface area contributed by atoms with Crippen LogP contribution in [0.25, 0.3) is 45.1 Å². The lowest BCUT2D eigenvalue weighted by Gasteiger charge is -2.39. The van der Waals surface area contributed by atoms with Gasteiger partial charge in [-0.3, -0.25) is 51.6 Å². The van der Waals surface area contributed by atoms with E-state index in [1.165, 1.54) is 82.8 Å². The van der Waals surface area contributed by atoms with Gasteiger partial charge in [0.1, 0.15) is 66.2 Å². The number of carboxylic acids is 2. The minimum atomic E-state index is -4.95. The molecule has 9 aliphatic rings. The highest BCUT2D eigenvalue weighted by Gasteiger charge is 2.43. The number of aromatic hydroxyl groups is 1. The number of aliphatic hydroxyl groups excluding tert-OH is 1. The summed E-state index contributed by atoms with van der Waals surface area (Å²) >= 11 is 0. The van der Waals surface area contributed by atoms with E-state index in [0.29, 0.717) is 85.6 Å². The first-order chi connectivity index (χ1) is 55.9. The van der Waals surface area contributed by atoms with Crippen LogP contribution in [0.3, 0.4) is 0 Å². The van der Waals surface area contributed by atoms with Crippen LogP contribution in [0.4, 0.5) is 5.69 Å². The quantitative estimate of drug-likeness (QED) is 0.00625. The number of aliphatic hydroxyl groups is 1. The fraction of sp³-hybridized carbons (Fsp3) is 0.410. The maximum Gasteiger partial charge on any atom is 0.472 e. The minimum absolute atomic E-state index is 0.0286. The van der Waals surface area contributed by atoms with E-state index in [4.69, 9.17) is 36.7 Å². The normalized spacial score (nSPS) is 19.7. The lowest BCUT2D eigenvalue weighted by Crippen LogP contribution is -2.45. The van der Waals surface area contributed by atoms with Gasteiger partial charge in [0, 0.05) is 150 Å². The molecule has 2 saturated heterocycles. The number of aromatic amines is 1. The number of phenolic OH excluding ortho intramolecular Hbond substituents is 1. The summed E-state index contributed by atoms with van der Waals surface area (Å²) in [6, 6.07) is 21.8. The fourth-order valence-electron chi connectivity index (χ4n) is 16.9. The number of hydrogen-bond acceptors (Lipinski definition) is 21. The third kappa shape index (κ3) is 17.7. The summed E-state index contributed by atoms with van der Waals surface area (Å²) in [6.45, 7) is 3.36. The molecule has 31 nitrogen and oxygen atoms in total. The van der Waals surface area contributed by atoms with E-state index in [0.717, 1.165) is 133 Å². The van der Waals surface area contributed by atoms with Crippen LogP contribution in [-0.4, -0.2) is 166 Å². The molecule has 2 fully saturated rings. The van der Waals surface area contributed by atoms with Crippen molar-refractivity contribution in [1.29, 1.82) is 0 Å². The number of fused-ring (bicyclic) bond motifs is 6. The van der Waals surface area contributed by atoms with Crippen molar-refractivity contribution in [3.05, 3.63) is 200 Å². The van der Waals surface area contributed by atoms with Gasteiger partial charge in [0.05, 0.1) is 48.2 Å². The number of H-pyrrole nitrogens is 1. The Morgan fingerprint density at radius 3 is 2.07 bits per heavy atom. The highest BCUT2D eigenvalue weighted by molar-refractivity contribution is 7.47. The van der Waals surface area contributed by atoms with Crippen molar-refractivity contribution in [2.75, 3.05) is 77.1 Å². The zero-order valence-corrected chi connectivity index (χ0v) is 65.3. The Balaban J connectivity index is 0.470. The molecular formula is C83H90N7O24P2+. The molecule has 0 radical (unpaired) electrons. The molecule has 8 aliphatic heterocycles. The number of aromatic nitrogens is 2. The van der Waals surface area contributed by atoms with Gasteiger partial charge in [0.15, 0.2) is 5.43 Å². The smallest absolute Gasteiger partial charge is 0.472 e. The van der Waals surface area contributed by atoms with Crippen molar-refractivity contribution >= 4 is 73.6 Å². The number of amides is 3. The summed E-state index contributed by atoms with van der Waals surface area (Å²) in [5.41, 5.74) is 7.62. The number of aryl methyl sites for hydroxylation is 2. The van der Waals surface area contributed by atoms with E-state index in [2.05, 4.69) is 42.5 Å². The molecule has 7 atom stereocenters. The molecule has 1 aromatic heterocycles. The number of phosphoric acid groups is 2. The summed E-state index contributed by atoms with van der Waals surface area (Å²) < 4.78 is 75.4. The number of unbranched alkanes of at least 4 members (excludes halogenated alkanes) is 6. The number of nitrogens with zero attached hydrogens (tertiary/aromatic N) is 3. The summed E-state index contributed by atoms with van der Waals surface area (Å²) in [4.78, 5) is 130. The Morgan fingerprint density at radius 1 is 0.664 bits per heavy atom. The molecule has 0 spiro atoms. The van der Waals surface area contributed by atoms with E-state index in [1.807, 2.05) is 0 Å². The first kappa shape index (κ1) is 80.9. The first-order valence-corrected chi connectivity index (χ1v) is 42.4. The Hall–Kier alpha value is -10.3. The molecule has 7 unspecified atom stereocenters. The lowest BCUT2D eigenvalue weighted by atomic mass is 9.81. The van der Waals surface area contributed by atoms with Gasteiger partial charge in [-0.2, -0.15) is 0 Å². The second kappa shape index (κ2) is 34.9. The molecule has 0 saturated carbocycles. The van der Waals surface area contributed by atoms with Crippen LogP contribution in [-0.2, 0) is 67.2 Å². The number of carboxylic acid groups (broad SMARTS) is 2. The van der Waals surface area contributed by atoms with Crippen LogP contribution in [0.1, 0.15) is 176 Å². The molecule has 10 N–H and O–H groups in total. The van der Waals surface area contributed by atoms with Crippen LogP contribution in [0.5, 0.6) is 17.2 Å². The van der Waals surface area contributed by atoms with Crippen LogP contribution >= 0.6 is 15.6 Å². The monoisotopic (exact) mass is 1630 g/mol. The molecule has 116 heavy (non-hydrogen) atoms. The Kier molecular flexibility index (Phi) is 24.3. The zero-order chi connectivity index (χ0) is 81.1. The van der Waals surface area contributed by atoms with Gasteiger partial charge < -0.3 is 69.7 Å². The SMILES string of the molecule is O=C(/C=C/c1cn(C2CC(O)C(COP(=O)(O)OC3CCOC3COP(=O)(O)OCCCCCCNC(=O)c3ccc(C(=O)O)c(C4=c5cc6c7c(c5Oc5c4cc4c8c5CCCN8CCC4)CCC[N+]=7CCC6)c3)O2)c(=O)[nH]c1=O)NCCCCCCNC(=O)c1ccc(C(=O)O)c(-c2c3ccc(=O)cc-3oc3cc(O)ccc23)c1. The third-order valence-corrected chi connectivity index (χ3v) is 24.4. The van der Waals surface area contributed by atoms with Crippen LogP contribution < -0.4 is 57.4 Å². The number of aromatic carboxylic acids is 2. The van der Waals surface area contributed by atoms with E-state index in [1.54, 1.807) is 18.2 Å². The average Bonchev–Trinajstić information content (AvgIpc) is 0.983. The number of phenols is 1. The predicted molar refractivity (Wildman–Crippen MR) is 423 cm³/mol. The Morgan fingerprint density at radius 2 is 1.33 bits per heavy atom. The molecule has 1 aliphatic carbocycles. The van der Waals surface area contributed by atoms with Gasteiger partial charge in [-0.25, -0.2) is 28.1 Å². The number of rotatable bonds is 32. The van der Waals surface area contributed by atoms with Crippen molar-refractivity contribution in [2.45, 2.75) is 146 Å². The Labute approximate surface area is 663 Å². The van der Waals surface area contributed by atoms with Crippen molar-refractivity contribution in [1.82, 2.24) is 30.1 Å². The topological polar surface area (TPSA) is 433 Å². The number of hydrogen-bond donors (Lipinski definition) is 10. The molecule has 0 bridgehead atoms. The number of carbonyl (C=O) groups is 5. The van der Waals surface area contributed by atoms with Crippen LogP contribution in [0.15, 0.2) is 116 Å². The molecule has 610 valence electrons. The van der Waals surface area contributed by atoms with Crippen LogP contribution in [0, 0.1) is 0 Å². The van der Waals surface area contributed by atoms with E-state index in [-0.39, 0.29) is 95.4 Å². The third-order valence-electron chi connectivity index (χ3n) is 22.4. The average molecular weight is 1630 g/mol. The van der Waals surface area contributed by atoms with E-state index >= 15 is 0 Å². The summed E-state index contributed by atoms with van der Waals surface area (Å²) in [5.74, 6) is -2.11. The number of anilines is 1. The van der Waals surface area contributed by atoms with Gasteiger partial charge in [-0.05, 0) is 160 Å². The van der Waals surface area contributed by atoms with Gasteiger partial charge in [0.2, 0.25) is 11.3 Å². The molecule has 15 rings (SSSR count). The summed E-state index contributed by atoms with van der Waals surface area (Å²) in [7, 11) is -9.62. The predicted octanol–water partition coefficient (Wildman–Crippen LogP) is 8.14. The zero-order valence-electron chi connectivity index (χ0n) is 63.5. The van der Waals surface area contributed by atoms with Crippen molar-refractivity contribution in [3.8, 4) is 39.7 Å². The molecule has 9 heterocycles. The Bertz CT molecular complexity index is 5650.